The number of hydrogen-bond acceptors (Lipinski definition) is 6. The molecule has 3 heterocycles. The van der Waals surface area contributed by atoms with Gasteiger partial charge in [-0.25, -0.2) is 9.97 Å². The highest BCUT2D eigenvalue weighted by atomic mass is 15.0. The Morgan fingerprint density at radius 1 is 0.239 bits per heavy atom. The lowest BCUT2D eigenvalue weighted by molar-refractivity contribution is 1.15. The monoisotopic (exact) mass is 1120 g/mol. The predicted molar refractivity (Wildman–Crippen MR) is 353 cm³/mol. The van der Waals surface area contributed by atoms with Gasteiger partial charge in [0, 0.05) is 49.4 Å². The molecule has 0 aliphatic carbocycles. The number of rotatable bonds is 10. The van der Waals surface area contributed by atoms with E-state index < -0.39 is 0 Å². The first-order chi connectivity index (χ1) is 43.5. The van der Waals surface area contributed by atoms with Crippen LogP contribution in [0.25, 0.3) is 145 Å². The molecule has 0 N–H and O–H groups in total. The maximum atomic E-state index is 10.4. The van der Waals surface area contributed by atoms with Gasteiger partial charge in [0.2, 0.25) is 0 Å². The summed E-state index contributed by atoms with van der Waals surface area (Å²) in [6, 6.07) is 104. The maximum Gasteiger partial charge on any atom is 0.160 e. The fourth-order valence-corrected chi connectivity index (χ4v) is 12.6. The number of para-hydroxylation sites is 1. The Bertz CT molecular complexity index is 5220. The Kier molecular flexibility index (Phi) is 12.9. The largest absolute Gasteiger partial charge is 0.309 e. The lowest BCUT2D eigenvalue weighted by Crippen LogP contribution is -2.03. The Morgan fingerprint density at radius 3 is 0.966 bits per heavy atom. The number of nitriles is 4. The van der Waals surface area contributed by atoms with Crippen molar-refractivity contribution in [2.24, 2.45) is 0 Å². The van der Waals surface area contributed by atoms with E-state index in [2.05, 4.69) is 167 Å². The van der Waals surface area contributed by atoms with Crippen molar-refractivity contribution >= 4 is 43.6 Å². The summed E-state index contributed by atoms with van der Waals surface area (Å²) in [7, 11) is 0. The number of aromatic nitrogens is 4. The van der Waals surface area contributed by atoms with Crippen LogP contribution in [-0.2, 0) is 0 Å². The van der Waals surface area contributed by atoms with Gasteiger partial charge in [0.1, 0.15) is 0 Å². The predicted octanol–water partition coefficient (Wildman–Crippen LogP) is 19.5. The molecule has 88 heavy (non-hydrogen) atoms. The van der Waals surface area contributed by atoms with E-state index in [1.54, 1.807) is 0 Å². The summed E-state index contributed by atoms with van der Waals surface area (Å²) >= 11 is 0. The van der Waals surface area contributed by atoms with Gasteiger partial charge in [0.15, 0.2) is 5.82 Å². The molecular weight excluding hydrogens is 1070 g/mol. The summed E-state index contributed by atoms with van der Waals surface area (Å²) in [5.41, 5.74) is 21.0. The SMILES string of the molecule is N#Cc1ccccc1-c1ccc2c(c1)c1cc(-c3ccccc3C#N)ccc1n2-c1ccccc1-c1ccc(-c2cc(-c3ccccc3)nc(-c3ccccc3)n2)cc1-n1c2ccc(-c3ccccc3C#N)cc2c2cc(-c3ccccc3C#N)ccc21. The van der Waals surface area contributed by atoms with Gasteiger partial charge in [-0.15, -0.1) is 0 Å². The van der Waals surface area contributed by atoms with Crippen LogP contribution in [0.2, 0.25) is 0 Å². The average molecular weight is 1120 g/mol. The van der Waals surface area contributed by atoms with Crippen LogP contribution < -0.4 is 0 Å². The van der Waals surface area contributed by atoms with E-state index in [1.165, 1.54) is 0 Å². The second-order valence-electron chi connectivity index (χ2n) is 21.7. The lowest BCUT2D eigenvalue weighted by atomic mass is 9.96. The van der Waals surface area contributed by atoms with Crippen molar-refractivity contribution in [3.05, 3.63) is 301 Å². The van der Waals surface area contributed by atoms with Gasteiger partial charge in [-0.2, -0.15) is 21.0 Å². The van der Waals surface area contributed by atoms with Crippen molar-refractivity contribution in [3.63, 3.8) is 0 Å². The first kappa shape index (κ1) is 52.1. The van der Waals surface area contributed by atoms with Crippen molar-refractivity contribution in [1.29, 1.82) is 21.0 Å². The molecule has 3 aromatic heterocycles. The Morgan fingerprint density at radius 2 is 0.557 bits per heavy atom. The third kappa shape index (κ3) is 8.91. The topological polar surface area (TPSA) is 131 Å². The molecule has 8 heteroatoms. The maximum absolute atomic E-state index is 10.4. The van der Waals surface area contributed by atoms with Crippen molar-refractivity contribution in [2.75, 3.05) is 0 Å². The quantitative estimate of drug-likeness (QED) is 0.134. The molecule has 0 saturated heterocycles. The van der Waals surface area contributed by atoms with E-state index >= 15 is 0 Å². The molecule has 15 aromatic rings. The molecule has 0 aliphatic heterocycles. The zero-order chi connectivity index (χ0) is 59.2. The summed E-state index contributed by atoms with van der Waals surface area (Å²) in [6.07, 6.45) is 0. The van der Waals surface area contributed by atoms with Gasteiger partial charge in [-0.05, 0) is 136 Å². The summed E-state index contributed by atoms with van der Waals surface area (Å²) in [6.45, 7) is 0. The zero-order valence-electron chi connectivity index (χ0n) is 47.1. The van der Waals surface area contributed by atoms with E-state index in [-0.39, 0.29) is 0 Å². The van der Waals surface area contributed by atoms with Crippen molar-refractivity contribution in [2.45, 2.75) is 0 Å². The highest BCUT2D eigenvalue weighted by molar-refractivity contribution is 6.14. The number of benzene rings is 12. The molecule has 0 atom stereocenters. The molecule has 15 rings (SSSR count). The summed E-state index contributed by atoms with van der Waals surface area (Å²) in [5.74, 6) is 0.602. The molecule has 0 fully saturated rings. The lowest BCUT2D eigenvalue weighted by Gasteiger charge is -2.20. The Hall–Kier alpha value is -12.7. The van der Waals surface area contributed by atoms with Crippen LogP contribution >= 0.6 is 0 Å². The minimum Gasteiger partial charge on any atom is -0.309 e. The van der Waals surface area contributed by atoms with Crippen LogP contribution in [-0.4, -0.2) is 19.1 Å². The van der Waals surface area contributed by atoms with Crippen LogP contribution in [0.1, 0.15) is 22.3 Å². The van der Waals surface area contributed by atoms with E-state index in [4.69, 9.17) is 9.97 Å². The summed E-state index contributed by atoms with van der Waals surface area (Å²) in [5, 5.41) is 45.4. The molecule has 406 valence electrons. The van der Waals surface area contributed by atoms with E-state index in [9.17, 15) is 21.0 Å². The first-order valence-electron chi connectivity index (χ1n) is 28.9. The van der Waals surface area contributed by atoms with Gasteiger partial charge in [-0.1, -0.05) is 188 Å². The fourth-order valence-electron chi connectivity index (χ4n) is 12.6. The van der Waals surface area contributed by atoms with Gasteiger partial charge in [0.25, 0.3) is 0 Å². The fraction of sp³-hybridized carbons (Fsp3) is 0. The molecule has 0 bridgehead atoms. The van der Waals surface area contributed by atoms with Crippen molar-refractivity contribution in [3.8, 4) is 125 Å². The number of hydrogen-bond donors (Lipinski definition) is 0. The second kappa shape index (κ2) is 21.8. The molecule has 0 radical (unpaired) electrons. The van der Waals surface area contributed by atoms with E-state index in [1.807, 2.05) is 146 Å². The third-order valence-corrected chi connectivity index (χ3v) is 16.8. The summed E-state index contributed by atoms with van der Waals surface area (Å²) < 4.78 is 4.69. The highest BCUT2D eigenvalue weighted by Gasteiger charge is 2.24. The summed E-state index contributed by atoms with van der Waals surface area (Å²) in [4.78, 5) is 10.5. The minimum atomic E-state index is 0.576. The van der Waals surface area contributed by atoms with Crippen LogP contribution in [0.5, 0.6) is 0 Å². The third-order valence-electron chi connectivity index (χ3n) is 16.8. The van der Waals surface area contributed by atoms with Gasteiger partial charge >= 0.3 is 0 Å². The van der Waals surface area contributed by atoms with Crippen molar-refractivity contribution in [1.82, 2.24) is 19.1 Å². The highest BCUT2D eigenvalue weighted by Crippen LogP contribution is 2.46. The molecule has 0 spiro atoms. The Labute approximate surface area is 507 Å². The average Bonchev–Trinajstić information content (AvgIpc) is 1.67. The smallest absolute Gasteiger partial charge is 0.160 e. The van der Waals surface area contributed by atoms with Crippen LogP contribution in [0.4, 0.5) is 0 Å². The molecule has 12 aromatic carbocycles. The number of fused-ring (bicyclic) bond motifs is 6. The van der Waals surface area contributed by atoms with Crippen molar-refractivity contribution < 1.29 is 0 Å². The molecule has 8 nitrogen and oxygen atoms in total. The molecule has 0 amide bonds. The first-order valence-corrected chi connectivity index (χ1v) is 28.9. The van der Waals surface area contributed by atoms with Gasteiger partial charge < -0.3 is 9.13 Å². The van der Waals surface area contributed by atoms with E-state index in [0.717, 1.165) is 139 Å². The Balaban J connectivity index is 1.03. The molecule has 0 saturated carbocycles. The molecular formula is C80H46N8. The standard InChI is InChI=1S/C80H46N8/c81-47-58-21-7-11-25-62(58)53-32-37-75-68(41-53)69-42-54(63-26-12-8-22-59(63)48-82)33-38-76(69)87(75)74-30-16-15-29-66(74)67-36-31-57(73-46-72(51-17-3-1-4-18-51)85-80(86-73)52-19-5-2-6-20-52)45-79(67)88-77-39-34-55(64-27-13-9-23-60(64)49-83)43-70(77)71-44-56(35-40-78(71)88)65-28-14-10-24-61(65)50-84/h1-46H. The second-order valence-corrected chi connectivity index (χ2v) is 21.7. The van der Waals surface area contributed by atoms with E-state index in [0.29, 0.717) is 28.1 Å². The van der Waals surface area contributed by atoms with Gasteiger partial charge in [-0.3, -0.25) is 0 Å². The zero-order valence-corrected chi connectivity index (χ0v) is 47.1. The number of nitrogens with zero attached hydrogens (tertiary/aromatic N) is 8. The van der Waals surface area contributed by atoms with Crippen LogP contribution in [0.15, 0.2) is 279 Å². The molecule has 0 aliphatic rings. The van der Waals surface area contributed by atoms with Crippen LogP contribution in [0.3, 0.4) is 0 Å². The normalized spacial score (nSPS) is 11.1. The van der Waals surface area contributed by atoms with Crippen LogP contribution in [0, 0.1) is 45.3 Å². The molecule has 0 unspecified atom stereocenters. The minimum absolute atomic E-state index is 0.576. The van der Waals surface area contributed by atoms with Gasteiger partial charge in [0.05, 0.1) is 91.4 Å².